The Labute approximate surface area is 103 Å². The minimum absolute atomic E-state index is 0. The first-order chi connectivity index (χ1) is 5.91. The van der Waals surface area contributed by atoms with Gasteiger partial charge in [0.2, 0.25) is 0 Å². The Morgan fingerprint density at radius 2 is 1.57 bits per heavy atom. The zero-order chi connectivity index (χ0) is 10.1. The molecule has 0 fully saturated rings. The van der Waals surface area contributed by atoms with Crippen molar-refractivity contribution in [1.82, 2.24) is 0 Å². The van der Waals surface area contributed by atoms with Gasteiger partial charge in [-0.25, -0.2) is 0 Å². The summed E-state index contributed by atoms with van der Waals surface area (Å²) >= 11 is 5.44. The number of carbonyl (C=O) groups is 1. The average Bonchev–Trinajstić information content (AvgIpc) is 2.03. The molecule has 2 radical (unpaired) electrons. The molecule has 0 saturated heterocycles. The van der Waals surface area contributed by atoms with Crippen LogP contribution in [-0.2, 0) is 0 Å². The van der Waals surface area contributed by atoms with E-state index in [2.05, 4.69) is 0 Å². The van der Waals surface area contributed by atoms with E-state index in [9.17, 15) is 18.0 Å². The van der Waals surface area contributed by atoms with Crippen molar-refractivity contribution in [3.05, 3.63) is 34.9 Å². The first-order valence-corrected chi connectivity index (χ1v) is 3.66. The predicted molar refractivity (Wildman–Crippen MR) is 50.4 cm³/mol. The molecular weight excluding hydrogens is 412 g/mol. The molecule has 0 aliphatic heterocycles. The molecule has 1 nitrogen and oxygen atoms in total. The molecule has 0 aromatic heterocycles. The number of alkyl halides is 3. The summed E-state index contributed by atoms with van der Waals surface area (Å²) in [6, 6.07) is 4.55. The monoisotopic (exact) mass is 418 g/mol. The van der Waals surface area contributed by atoms with Gasteiger partial charge in [0, 0.05) is 10.6 Å². The molecule has 1 aromatic rings. The fourth-order valence-corrected chi connectivity index (χ4v) is 0.891. The normalized spacial score (nSPS) is 10.6. The maximum absolute atomic E-state index is 11.9. The van der Waals surface area contributed by atoms with Gasteiger partial charge in [-0.2, -0.15) is 13.2 Å². The molecule has 0 atom stereocenters. The molecule has 0 unspecified atom stereocenters. The Hall–Kier alpha value is -0.108. The SMILES string of the molecule is O=C(c1ccc(Cl)cc1)C(F)(F)F.[PbH2]. The Morgan fingerprint density at radius 1 is 1.14 bits per heavy atom. The number of benzene rings is 1. The third-order valence-electron chi connectivity index (χ3n) is 1.36. The summed E-state index contributed by atoms with van der Waals surface area (Å²) in [6.45, 7) is 0. The molecule has 0 amide bonds. The van der Waals surface area contributed by atoms with Crippen molar-refractivity contribution in [3.8, 4) is 0 Å². The van der Waals surface area contributed by atoms with Crippen LogP contribution in [0.25, 0.3) is 0 Å². The number of hydrogen-bond donors (Lipinski definition) is 0. The molecule has 0 spiro atoms. The van der Waals surface area contributed by atoms with E-state index in [4.69, 9.17) is 11.6 Å². The average molecular weight is 418 g/mol. The topological polar surface area (TPSA) is 17.1 Å². The van der Waals surface area contributed by atoms with Crippen LogP contribution >= 0.6 is 11.6 Å². The van der Waals surface area contributed by atoms with Gasteiger partial charge in [-0.05, 0) is 24.3 Å². The van der Waals surface area contributed by atoms with Crippen LogP contribution in [-0.4, -0.2) is 39.3 Å². The second-order valence-electron chi connectivity index (χ2n) is 2.33. The van der Waals surface area contributed by atoms with Crippen LogP contribution in [0, 0.1) is 0 Å². The van der Waals surface area contributed by atoms with E-state index in [1.54, 1.807) is 0 Å². The molecule has 0 N–H and O–H groups in total. The quantitative estimate of drug-likeness (QED) is 0.505. The fraction of sp³-hybridized carbons (Fsp3) is 0.125. The van der Waals surface area contributed by atoms with Crippen LogP contribution in [0.1, 0.15) is 10.4 Å². The van der Waals surface area contributed by atoms with E-state index in [0.29, 0.717) is 5.02 Å². The Bertz CT molecular complexity index is 320. The fourth-order valence-electron chi connectivity index (χ4n) is 0.765. The first-order valence-electron chi connectivity index (χ1n) is 3.28. The van der Waals surface area contributed by atoms with Gasteiger partial charge in [0.25, 0.3) is 5.78 Å². The Kier molecular flexibility index (Phi) is 5.07. The number of rotatable bonds is 1. The van der Waals surface area contributed by atoms with Gasteiger partial charge in [-0.3, -0.25) is 4.79 Å². The van der Waals surface area contributed by atoms with E-state index in [0.717, 1.165) is 12.1 Å². The van der Waals surface area contributed by atoms with Crippen LogP contribution < -0.4 is 0 Å². The van der Waals surface area contributed by atoms with Crippen molar-refractivity contribution in [2.45, 2.75) is 6.18 Å². The Morgan fingerprint density at radius 3 is 1.93 bits per heavy atom. The molecule has 0 aliphatic rings. The molecular formula is C8H6ClF3OPb. The van der Waals surface area contributed by atoms with Crippen molar-refractivity contribution in [2.75, 3.05) is 0 Å². The van der Waals surface area contributed by atoms with Crippen molar-refractivity contribution in [3.63, 3.8) is 0 Å². The molecule has 14 heavy (non-hydrogen) atoms. The van der Waals surface area contributed by atoms with Gasteiger partial charge in [0.15, 0.2) is 0 Å². The van der Waals surface area contributed by atoms with Crippen LogP contribution in [0.3, 0.4) is 0 Å². The van der Waals surface area contributed by atoms with Crippen LogP contribution in [0.15, 0.2) is 24.3 Å². The molecule has 0 bridgehead atoms. The van der Waals surface area contributed by atoms with E-state index < -0.39 is 17.5 Å². The maximum atomic E-state index is 11.9. The molecule has 1 aromatic carbocycles. The Balaban J connectivity index is 0.00000169. The summed E-state index contributed by atoms with van der Waals surface area (Å²) in [7, 11) is 0. The molecule has 1 rings (SSSR count). The zero-order valence-corrected chi connectivity index (χ0v) is 13.2. The number of ketones is 1. The van der Waals surface area contributed by atoms with E-state index in [1.807, 2.05) is 0 Å². The van der Waals surface area contributed by atoms with Gasteiger partial charge in [-0.1, -0.05) is 11.6 Å². The number of carbonyl (C=O) groups excluding carboxylic acids is 1. The van der Waals surface area contributed by atoms with Gasteiger partial charge in [0.05, 0.1) is 0 Å². The van der Waals surface area contributed by atoms with Crippen LogP contribution in [0.4, 0.5) is 13.2 Å². The van der Waals surface area contributed by atoms with Gasteiger partial charge >= 0.3 is 33.5 Å². The number of halogens is 4. The third-order valence-corrected chi connectivity index (χ3v) is 1.62. The molecule has 0 saturated carbocycles. The molecule has 6 heteroatoms. The van der Waals surface area contributed by atoms with Crippen molar-refractivity contribution in [2.24, 2.45) is 0 Å². The van der Waals surface area contributed by atoms with Crippen molar-refractivity contribution >= 4 is 44.7 Å². The molecule has 0 heterocycles. The summed E-state index contributed by atoms with van der Waals surface area (Å²) < 4.78 is 35.6. The molecule has 0 aliphatic carbocycles. The predicted octanol–water partition coefficient (Wildman–Crippen LogP) is 2.17. The second kappa shape index (κ2) is 5.11. The molecule has 76 valence electrons. The van der Waals surface area contributed by atoms with Gasteiger partial charge in [-0.15, -0.1) is 0 Å². The number of hydrogen-bond acceptors (Lipinski definition) is 1. The van der Waals surface area contributed by atoms with Gasteiger partial charge in [0.1, 0.15) is 0 Å². The van der Waals surface area contributed by atoms with E-state index in [1.165, 1.54) is 12.1 Å². The zero-order valence-electron chi connectivity index (χ0n) is 6.94. The summed E-state index contributed by atoms with van der Waals surface area (Å²) in [5.74, 6) is -1.86. The second-order valence-corrected chi connectivity index (χ2v) is 2.77. The number of Topliss-reactive ketones (excluding diaryl/α,β-unsaturated/α-hetero) is 1. The summed E-state index contributed by atoms with van der Waals surface area (Å²) in [4.78, 5) is 10.6. The first kappa shape index (κ1) is 13.9. The van der Waals surface area contributed by atoms with Gasteiger partial charge < -0.3 is 0 Å². The third kappa shape index (κ3) is 3.57. The van der Waals surface area contributed by atoms with Crippen molar-refractivity contribution in [1.29, 1.82) is 0 Å². The summed E-state index contributed by atoms with van der Waals surface area (Å²) in [5.41, 5.74) is -0.406. The van der Waals surface area contributed by atoms with Crippen LogP contribution in [0.2, 0.25) is 5.02 Å². The van der Waals surface area contributed by atoms with Crippen molar-refractivity contribution < 1.29 is 18.0 Å². The summed E-state index contributed by atoms with van der Waals surface area (Å²) in [5, 5.41) is 0.290. The minimum atomic E-state index is -4.83. The standard InChI is InChI=1S/C8H4ClF3O.Pb.2H/c9-6-3-1-5(2-4-6)7(13)8(10,11)12;;;/h1-4H;;;. The van der Waals surface area contributed by atoms with E-state index >= 15 is 0 Å². The van der Waals surface area contributed by atoms with Crippen LogP contribution in [0.5, 0.6) is 0 Å². The summed E-state index contributed by atoms with van der Waals surface area (Å²) in [6.07, 6.45) is -4.83. The van der Waals surface area contributed by atoms with E-state index in [-0.39, 0.29) is 27.3 Å².